The normalized spacial score (nSPS) is 20.3. The quantitative estimate of drug-likeness (QED) is 0.794. The number of hydrogen-bond donors (Lipinski definition) is 0. The summed E-state index contributed by atoms with van der Waals surface area (Å²) in [5, 5.41) is 8.95. The van der Waals surface area contributed by atoms with Crippen molar-refractivity contribution in [2.75, 3.05) is 42.6 Å². The Balaban J connectivity index is 1.44. The minimum absolute atomic E-state index is 0.0816. The zero-order valence-electron chi connectivity index (χ0n) is 16.7. The van der Waals surface area contributed by atoms with Gasteiger partial charge in [0.15, 0.2) is 5.82 Å². The highest BCUT2D eigenvalue weighted by Crippen LogP contribution is 2.26. The number of aryl methyl sites for hydroxylation is 2. The van der Waals surface area contributed by atoms with Crippen molar-refractivity contribution in [3.63, 3.8) is 0 Å². The van der Waals surface area contributed by atoms with Crippen molar-refractivity contribution in [2.24, 2.45) is 5.92 Å². The van der Waals surface area contributed by atoms with E-state index in [0.717, 1.165) is 67.6 Å². The Kier molecular flexibility index (Phi) is 5.85. The van der Waals surface area contributed by atoms with E-state index in [1.807, 2.05) is 23.9 Å². The van der Waals surface area contributed by atoms with Gasteiger partial charge < -0.3 is 9.80 Å². The van der Waals surface area contributed by atoms with Crippen LogP contribution in [0.5, 0.6) is 0 Å². The van der Waals surface area contributed by atoms with Crippen LogP contribution >= 0.6 is 11.8 Å². The minimum Gasteiger partial charge on any atom is -0.354 e. The average Bonchev–Trinajstić information content (AvgIpc) is 2.76. The van der Waals surface area contributed by atoms with Crippen molar-refractivity contribution in [1.29, 1.82) is 0 Å². The third-order valence-electron chi connectivity index (χ3n) is 5.87. The molecule has 0 saturated carbocycles. The maximum absolute atomic E-state index is 12.9. The molecular weight excluding hydrogens is 368 g/mol. The van der Waals surface area contributed by atoms with E-state index in [1.54, 1.807) is 0 Å². The first-order valence-electron chi connectivity index (χ1n) is 10.1. The Bertz CT molecular complexity index is 833. The molecule has 4 rings (SSSR count). The first-order valence-corrected chi connectivity index (χ1v) is 11.3. The summed E-state index contributed by atoms with van der Waals surface area (Å²) in [6.45, 7) is 7.71. The van der Waals surface area contributed by atoms with Crippen LogP contribution in [0.25, 0.3) is 11.3 Å². The predicted molar refractivity (Wildman–Crippen MR) is 116 cm³/mol. The first-order chi connectivity index (χ1) is 13.6. The number of anilines is 1. The van der Waals surface area contributed by atoms with Crippen LogP contribution in [0.3, 0.4) is 0 Å². The van der Waals surface area contributed by atoms with Crippen LogP contribution in [0.15, 0.2) is 30.3 Å². The molecule has 0 radical (unpaired) electrons. The zero-order chi connectivity index (χ0) is 19.5. The van der Waals surface area contributed by atoms with E-state index in [2.05, 4.69) is 52.0 Å². The van der Waals surface area contributed by atoms with E-state index in [-0.39, 0.29) is 5.92 Å². The highest BCUT2D eigenvalue weighted by molar-refractivity contribution is 7.99. The molecule has 2 saturated heterocycles. The molecule has 2 fully saturated rings. The molecule has 0 N–H and O–H groups in total. The molecule has 1 atom stereocenters. The Labute approximate surface area is 171 Å². The smallest absolute Gasteiger partial charge is 0.227 e. The standard InChI is InChI=1S/C22H28N4OS/c1-16-5-6-18(14-17(16)2)20-7-8-21(24-23-20)26-9-3-4-19(15-26)22(27)25-10-12-28-13-11-25/h5-8,14,19H,3-4,9-13,15H2,1-2H3/t19-/m0/s1. The SMILES string of the molecule is Cc1ccc(-c2ccc(N3CCC[C@H](C(=O)N4CCSCC4)C3)nn2)cc1C. The molecule has 0 bridgehead atoms. The third kappa shape index (κ3) is 4.17. The summed E-state index contributed by atoms with van der Waals surface area (Å²) in [4.78, 5) is 17.2. The number of carbonyl (C=O) groups excluding carboxylic acids is 1. The Hall–Kier alpha value is -2.08. The highest BCUT2D eigenvalue weighted by atomic mass is 32.2. The van der Waals surface area contributed by atoms with Gasteiger partial charge in [0.05, 0.1) is 11.6 Å². The lowest BCUT2D eigenvalue weighted by Crippen LogP contribution is -2.47. The van der Waals surface area contributed by atoms with Crippen LogP contribution in [0.2, 0.25) is 0 Å². The summed E-state index contributed by atoms with van der Waals surface area (Å²) in [5.41, 5.74) is 4.53. The minimum atomic E-state index is 0.0816. The lowest BCUT2D eigenvalue weighted by atomic mass is 9.96. The first kappa shape index (κ1) is 19.2. The largest absolute Gasteiger partial charge is 0.354 e. The molecular formula is C22H28N4OS. The van der Waals surface area contributed by atoms with Gasteiger partial charge in [-0.15, -0.1) is 10.2 Å². The molecule has 2 aromatic rings. The van der Waals surface area contributed by atoms with Gasteiger partial charge in [-0.1, -0.05) is 12.1 Å². The molecule has 0 unspecified atom stereocenters. The van der Waals surface area contributed by atoms with E-state index in [1.165, 1.54) is 11.1 Å². The van der Waals surface area contributed by atoms with Crippen LogP contribution in [0, 0.1) is 19.8 Å². The van der Waals surface area contributed by atoms with E-state index >= 15 is 0 Å². The van der Waals surface area contributed by atoms with Crippen molar-refractivity contribution in [3.8, 4) is 11.3 Å². The second-order valence-corrected chi connectivity index (χ2v) is 9.02. The molecule has 0 spiro atoms. The van der Waals surface area contributed by atoms with Crippen LogP contribution in [0.4, 0.5) is 5.82 Å². The second kappa shape index (κ2) is 8.52. The summed E-state index contributed by atoms with van der Waals surface area (Å²) < 4.78 is 0. The van der Waals surface area contributed by atoms with Crippen molar-refractivity contribution in [2.45, 2.75) is 26.7 Å². The van der Waals surface area contributed by atoms with Gasteiger partial charge in [0.2, 0.25) is 5.91 Å². The molecule has 6 heteroatoms. The number of piperidine rings is 1. The molecule has 0 aliphatic carbocycles. The predicted octanol–water partition coefficient (Wildman–Crippen LogP) is 3.55. The van der Waals surface area contributed by atoms with Crippen LogP contribution in [-0.4, -0.2) is 58.7 Å². The number of nitrogens with zero attached hydrogens (tertiary/aromatic N) is 4. The van der Waals surface area contributed by atoms with E-state index < -0.39 is 0 Å². The summed E-state index contributed by atoms with van der Waals surface area (Å²) in [5.74, 6) is 3.41. The molecule has 3 heterocycles. The molecule has 2 aliphatic heterocycles. The fourth-order valence-electron chi connectivity index (χ4n) is 3.98. The lowest BCUT2D eigenvalue weighted by molar-refractivity contribution is -0.135. The lowest BCUT2D eigenvalue weighted by Gasteiger charge is -2.36. The maximum atomic E-state index is 12.9. The topological polar surface area (TPSA) is 49.3 Å². The molecule has 1 aromatic heterocycles. The summed E-state index contributed by atoms with van der Waals surface area (Å²) in [6.07, 6.45) is 2.01. The van der Waals surface area contributed by atoms with Crippen molar-refractivity contribution < 1.29 is 4.79 Å². The number of carbonyl (C=O) groups is 1. The number of amides is 1. The molecule has 28 heavy (non-hydrogen) atoms. The number of rotatable bonds is 3. The van der Waals surface area contributed by atoms with Crippen molar-refractivity contribution in [3.05, 3.63) is 41.5 Å². The maximum Gasteiger partial charge on any atom is 0.227 e. The van der Waals surface area contributed by atoms with E-state index in [0.29, 0.717) is 5.91 Å². The van der Waals surface area contributed by atoms with E-state index in [9.17, 15) is 4.79 Å². The van der Waals surface area contributed by atoms with Crippen LogP contribution < -0.4 is 4.90 Å². The van der Waals surface area contributed by atoms with Crippen LogP contribution in [0.1, 0.15) is 24.0 Å². The molecule has 1 amide bonds. The Morgan fingerprint density at radius 1 is 1.04 bits per heavy atom. The number of thioether (sulfide) groups is 1. The Morgan fingerprint density at radius 2 is 1.86 bits per heavy atom. The molecule has 2 aliphatic rings. The van der Waals surface area contributed by atoms with Gasteiger partial charge in [-0.25, -0.2) is 0 Å². The number of benzene rings is 1. The van der Waals surface area contributed by atoms with Gasteiger partial charge in [0.1, 0.15) is 0 Å². The fraction of sp³-hybridized carbons (Fsp3) is 0.500. The number of hydrogen-bond acceptors (Lipinski definition) is 5. The third-order valence-corrected chi connectivity index (χ3v) is 6.81. The fourth-order valence-corrected chi connectivity index (χ4v) is 4.88. The second-order valence-electron chi connectivity index (χ2n) is 7.80. The Morgan fingerprint density at radius 3 is 2.57 bits per heavy atom. The van der Waals surface area contributed by atoms with Gasteiger partial charge in [-0.05, 0) is 56.0 Å². The van der Waals surface area contributed by atoms with Gasteiger partial charge in [0, 0.05) is 43.2 Å². The van der Waals surface area contributed by atoms with Gasteiger partial charge in [-0.3, -0.25) is 4.79 Å². The summed E-state index contributed by atoms with van der Waals surface area (Å²) in [6, 6.07) is 10.5. The van der Waals surface area contributed by atoms with Gasteiger partial charge >= 0.3 is 0 Å². The molecule has 1 aromatic carbocycles. The van der Waals surface area contributed by atoms with Gasteiger partial charge in [0.25, 0.3) is 0 Å². The molecule has 148 valence electrons. The highest BCUT2D eigenvalue weighted by Gasteiger charge is 2.30. The zero-order valence-corrected chi connectivity index (χ0v) is 17.5. The van der Waals surface area contributed by atoms with Crippen molar-refractivity contribution in [1.82, 2.24) is 15.1 Å². The summed E-state index contributed by atoms with van der Waals surface area (Å²) >= 11 is 1.94. The monoisotopic (exact) mass is 396 g/mol. The number of aromatic nitrogens is 2. The van der Waals surface area contributed by atoms with Crippen LogP contribution in [-0.2, 0) is 4.79 Å². The van der Waals surface area contributed by atoms with Gasteiger partial charge in [-0.2, -0.15) is 11.8 Å². The summed E-state index contributed by atoms with van der Waals surface area (Å²) in [7, 11) is 0. The average molecular weight is 397 g/mol. The van der Waals surface area contributed by atoms with Crippen molar-refractivity contribution >= 4 is 23.5 Å². The van der Waals surface area contributed by atoms with E-state index in [4.69, 9.17) is 0 Å². The molecule has 5 nitrogen and oxygen atoms in total.